The molecule has 0 aliphatic rings. The Kier molecular flexibility index (Phi) is 4.03. The first-order chi connectivity index (χ1) is 9.30. The van der Waals surface area contributed by atoms with Crippen LogP contribution in [0.4, 0.5) is 11.4 Å². The third kappa shape index (κ3) is 2.68. The van der Waals surface area contributed by atoms with Gasteiger partial charge in [-0.2, -0.15) is 0 Å². The maximum absolute atomic E-state index is 11.0. The molecule has 98 valence electrons. The van der Waals surface area contributed by atoms with Crippen molar-refractivity contribution in [3.05, 3.63) is 48.0 Å². The molecule has 0 atom stereocenters. The van der Waals surface area contributed by atoms with Crippen LogP contribution in [0.3, 0.4) is 0 Å². The number of rotatable bonds is 5. The molecule has 0 unspecified atom stereocenters. The number of methoxy groups -OCH3 is 2. The van der Waals surface area contributed by atoms with Crippen molar-refractivity contribution in [3.63, 3.8) is 0 Å². The lowest BCUT2D eigenvalue weighted by Gasteiger charge is -2.15. The van der Waals surface area contributed by atoms with E-state index in [2.05, 4.69) is 5.32 Å². The lowest BCUT2D eigenvalue weighted by Crippen LogP contribution is -2.00. The van der Waals surface area contributed by atoms with Crippen LogP contribution in [-0.2, 0) is 0 Å². The highest BCUT2D eigenvalue weighted by Crippen LogP contribution is 2.36. The van der Waals surface area contributed by atoms with Gasteiger partial charge in [0.15, 0.2) is 6.29 Å². The van der Waals surface area contributed by atoms with E-state index < -0.39 is 0 Å². The van der Waals surface area contributed by atoms with E-state index >= 15 is 0 Å². The molecule has 0 fully saturated rings. The molecule has 19 heavy (non-hydrogen) atoms. The topological polar surface area (TPSA) is 47.6 Å². The number of carbonyl (C=O) groups is 1. The molecule has 2 rings (SSSR count). The van der Waals surface area contributed by atoms with Crippen LogP contribution in [-0.4, -0.2) is 20.5 Å². The van der Waals surface area contributed by atoms with Gasteiger partial charge in [0.05, 0.1) is 14.2 Å². The fourth-order valence-corrected chi connectivity index (χ4v) is 1.82. The quantitative estimate of drug-likeness (QED) is 0.835. The summed E-state index contributed by atoms with van der Waals surface area (Å²) in [5.74, 6) is 1.31. The van der Waals surface area contributed by atoms with Crippen molar-refractivity contribution in [2.24, 2.45) is 0 Å². The Labute approximate surface area is 112 Å². The number of nitrogens with one attached hydrogen (secondary N) is 1. The lowest BCUT2D eigenvalue weighted by atomic mass is 10.2. The Morgan fingerprint density at radius 3 is 2.16 bits per heavy atom. The van der Waals surface area contributed by atoms with Gasteiger partial charge >= 0.3 is 0 Å². The Balaban J connectivity index is 2.45. The highest BCUT2D eigenvalue weighted by atomic mass is 16.5. The highest BCUT2D eigenvalue weighted by Gasteiger charge is 2.11. The van der Waals surface area contributed by atoms with E-state index in [0.717, 1.165) is 6.29 Å². The molecule has 0 radical (unpaired) electrons. The molecular formula is C15H15NO3. The van der Waals surface area contributed by atoms with E-state index in [1.165, 1.54) is 0 Å². The van der Waals surface area contributed by atoms with E-state index in [0.29, 0.717) is 28.4 Å². The minimum atomic E-state index is 0.579. The Morgan fingerprint density at radius 1 is 0.947 bits per heavy atom. The van der Waals surface area contributed by atoms with Gasteiger partial charge in [0, 0.05) is 11.3 Å². The van der Waals surface area contributed by atoms with Crippen LogP contribution in [0.1, 0.15) is 10.4 Å². The zero-order valence-corrected chi connectivity index (χ0v) is 10.8. The van der Waals surface area contributed by atoms with Crippen LogP contribution in [0, 0.1) is 0 Å². The number of hydrogen-bond donors (Lipinski definition) is 1. The van der Waals surface area contributed by atoms with Crippen molar-refractivity contribution in [2.45, 2.75) is 0 Å². The zero-order chi connectivity index (χ0) is 13.7. The minimum absolute atomic E-state index is 0.579. The monoisotopic (exact) mass is 257 g/mol. The largest absolute Gasteiger partial charge is 0.494 e. The summed E-state index contributed by atoms with van der Waals surface area (Å²) in [6.07, 6.45) is 0.810. The summed E-state index contributed by atoms with van der Waals surface area (Å²) in [5, 5.41) is 3.18. The number of ether oxygens (including phenoxy) is 2. The van der Waals surface area contributed by atoms with E-state index in [-0.39, 0.29) is 0 Å². The highest BCUT2D eigenvalue weighted by molar-refractivity contribution is 5.87. The number of benzene rings is 2. The molecule has 0 aliphatic carbocycles. The minimum Gasteiger partial charge on any atom is -0.494 e. The number of anilines is 2. The first-order valence-electron chi connectivity index (χ1n) is 5.82. The standard InChI is InChI=1S/C15H15NO3/c1-18-13-8-5-9-14(19-2)15(13)16-12-7-4-3-6-11(12)10-17/h3-10,16H,1-2H3. The molecule has 0 saturated carbocycles. The molecule has 0 aliphatic heterocycles. The molecular weight excluding hydrogens is 242 g/mol. The Morgan fingerprint density at radius 2 is 1.58 bits per heavy atom. The van der Waals surface area contributed by atoms with Gasteiger partial charge < -0.3 is 14.8 Å². The van der Waals surface area contributed by atoms with Crippen LogP contribution in [0.5, 0.6) is 11.5 Å². The van der Waals surface area contributed by atoms with Crippen molar-refractivity contribution in [2.75, 3.05) is 19.5 Å². The second-order valence-electron chi connectivity index (χ2n) is 3.87. The van der Waals surface area contributed by atoms with Gasteiger partial charge in [-0.1, -0.05) is 18.2 Å². The van der Waals surface area contributed by atoms with Crippen molar-refractivity contribution in [1.29, 1.82) is 0 Å². The molecule has 0 amide bonds. The Bertz CT molecular complexity index is 559. The average molecular weight is 257 g/mol. The van der Waals surface area contributed by atoms with Gasteiger partial charge in [-0.25, -0.2) is 0 Å². The van der Waals surface area contributed by atoms with Crippen LogP contribution >= 0.6 is 0 Å². The van der Waals surface area contributed by atoms with Gasteiger partial charge in [-0.15, -0.1) is 0 Å². The van der Waals surface area contributed by atoms with Crippen LogP contribution in [0.25, 0.3) is 0 Å². The fraction of sp³-hybridized carbons (Fsp3) is 0.133. The summed E-state index contributed by atoms with van der Waals surface area (Å²) < 4.78 is 10.6. The van der Waals surface area contributed by atoms with Gasteiger partial charge in [0.25, 0.3) is 0 Å². The predicted octanol–water partition coefficient (Wildman–Crippen LogP) is 3.26. The predicted molar refractivity (Wildman–Crippen MR) is 74.7 cm³/mol. The van der Waals surface area contributed by atoms with Crippen molar-refractivity contribution >= 4 is 17.7 Å². The zero-order valence-electron chi connectivity index (χ0n) is 10.8. The second-order valence-corrected chi connectivity index (χ2v) is 3.87. The summed E-state index contributed by atoms with van der Waals surface area (Å²) in [4.78, 5) is 11.0. The third-order valence-corrected chi connectivity index (χ3v) is 2.78. The molecule has 2 aromatic rings. The maximum atomic E-state index is 11.0. The molecule has 1 N–H and O–H groups in total. The van der Waals surface area contributed by atoms with Crippen molar-refractivity contribution in [1.82, 2.24) is 0 Å². The number of aldehydes is 1. The molecule has 0 heterocycles. The molecule has 4 heteroatoms. The third-order valence-electron chi connectivity index (χ3n) is 2.78. The van der Waals surface area contributed by atoms with E-state index in [9.17, 15) is 4.79 Å². The molecule has 0 aromatic heterocycles. The van der Waals surface area contributed by atoms with Crippen molar-refractivity contribution in [3.8, 4) is 11.5 Å². The van der Waals surface area contributed by atoms with Gasteiger partial charge in [-0.05, 0) is 24.3 Å². The van der Waals surface area contributed by atoms with Crippen LogP contribution in [0.15, 0.2) is 42.5 Å². The van der Waals surface area contributed by atoms with E-state index in [1.807, 2.05) is 36.4 Å². The normalized spacial score (nSPS) is 9.79. The number of carbonyl (C=O) groups excluding carboxylic acids is 1. The summed E-state index contributed by atoms with van der Waals surface area (Å²) in [6.45, 7) is 0. The molecule has 0 spiro atoms. The smallest absolute Gasteiger partial charge is 0.152 e. The number of hydrogen-bond acceptors (Lipinski definition) is 4. The first-order valence-corrected chi connectivity index (χ1v) is 5.82. The van der Waals surface area contributed by atoms with Crippen LogP contribution in [0.2, 0.25) is 0 Å². The molecule has 4 nitrogen and oxygen atoms in total. The maximum Gasteiger partial charge on any atom is 0.152 e. The van der Waals surface area contributed by atoms with Gasteiger partial charge in [-0.3, -0.25) is 4.79 Å². The SMILES string of the molecule is COc1cccc(OC)c1Nc1ccccc1C=O. The Hall–Kier alpha value is -2.49. The average Bonchev–Trinajstić information content (AvgIpc) is 2.48. The molecule has 2 aromatic carbocycles. The van der Waals surface area contributed by atoms with Gasteiger partial charge in [0.2, 0.25) is 0 Å². The van der Waals surface area contributed by atoms with E-state index in [1.54, 1.807) is 20.3 Å². The van der Waals surface area contributed by atoms with Gasteiger partial charge in [0.1, 0.15) is 17.2 Å². The van der Waals surface area contributed by atoms with Crippen molar-refractivity contribution < 1.29 is 14.3 Å². The molecule has 0 bridgehead atoms. The van der Waals surface area contributed by atoms with Crippen LogP contribution < -0.4 is 14.8 Å². The number of para-hydroxylation sites is 2. The summed E-state index contributed by atoms with van der Waals surface area (Å²) >= 11 is 0. The fourth-order valence-electron chi connectivity index (χ4n) is 1.82. The van der Waals surface area contributed by atoms with E-state index in [4.69, 9.17) is 9.47 Å². The first kappa shape index (κ1) is 13.0. The lowest BCUT2D eigenvalue weighted by molar-refractivity contribution is 0.112. The summed E-state index contributed by atoms with van der Waals surface area (Å²) in [6, 6.07) is 12.7. The molecule has 0 saturated heterocycles. The second kappa shape index (κ2) is 5.91. The summed E-state index contributed by atoms with van der Waals surface area (Å²) in [7, 11) is 3.18. The summed E-state index contributed by atoms with van der Waals surface area (Å²) in [5.41, 5.74) is 1.98.